The molecule has 0 bridgehead atoms. The van der Waals surface area contributed by atoms with E-state index in [2.05, 4.69) is 0 Å². The highest BCUT2D eigenvalue weighted by atomic mass is 16.6. The Morgan fingerprint density at radius 3 is 2.95 bits per heavy atom. The summed E-state index contributed by atoms with van der Waals surface area (Å²) in [5.41, 5.74) is 2.16. The Morgan fingerprint density at radius 1 is 1.26 bits per heavy atom. The Morgan fingerprint density at radius 2 is 2.11 bits per heavy atom. The zero-order valence-electron chi connectivity index (χ0n) is 10.7. The van der Waals surface area contributed by atoms with Crippen molar-refractivity contribution in [2.24, 2.45) is 0 Å². The predicted molar refractivity (Wildman–Crippen MR) is 70.0 cm³/mol. The van der Waals surface area contributed by atoms with E-state index < -0.39 is 0 Å². The number of amides is 2. The topological polar surface area (TPSA) is 49.9 Å². The molecule has 1 aromatic carbocycles. The molecule has 2 amide bonds. The van der Waals surface area contributed by atoms with Crippen LogP contribution in [0.3, 0.4) is 0 Å². The van der Waals surface area contributed by atoms with Gasteiger partial charge in [-0.05, 0) is 24.5 Å². The number of rotatable bonds is 2. The van der Waals surface area contributed by atoms with Crippen LogP contribution in [-0.4, -0.2) is 43.1 Å². The van der Waals surface area contributed by atoms with Crippen molar-refractivity contribution in [1.29, 1.82) is 0 Å². The van der Waals surface area contributed by atoms with Gasteiger partial charge in [0, 0.05) is 18.8 Å². The molecule has 0 radical (unpaired) electrons. The largest absolute Gasteiger partial charge is 0.449 e. The third kappa shape index (κ3) is 2.28. The number of hydrogen-bond acceptors (Lipinski definition) is 3. The summed E-state index contributed by atoms with van der Waals surface area (Å²) in [5.74, 6) is -0.0381. The van der Waals surface area contributed by atoms with E-state index in [0.29, 0.717) is 19.7 Å². The first-order chi connectivity index (χ1) is 9.25. The van der Waals surface area contributed by atoms with E-state index in [1.54, 1.807) is 4.90 Å². The minimum absolute atomic E-state index is 0.0381. The van der Waals surface area contributed by atoms with Gasteiger partial charge in [-0.1, -0.05) is 18.2 Å². The average Bonchev–Trinajstić information content (AvgIpc) is 2.85. The molecule has 0 N–H and O–H groups in total. The SMILES string of the molecule is O=C1OCCCN1CC(=O)N1CCc2ccccc21. The normalized spacial score (nSPS) is 18.2. The van der Waals surface area contributed by atoms with E-state index in [-0.39, 0.29) is 18.5 Å². The van der Waals surface area contributed by atoms with Crippen molar-refractivity contribution in [1.82, 2.24) is 4.90 Å². The monoisotopic (exact) mass is 260 g/mol. The second-order valence-electron chi connectivity index (χ2n) is 4.81. The fourth-order valence-electron chi connectivity index (χ4n) is 2.59. The smallest absolute Gasteiger partial charge is 0.410 e. The second-order valence-corrected chi connectivity index (χ2v) is 4.81. The van der Waals surface area contributed by atoms with Crippen LogP contribution in [0, 0.1) is 0 Å². The van der Waals surface area contributed by atoms with Gasteiger partial charge < -0.3 is 9.64 Å². The van der Waals surface area contributed by atoms with Crippen LogP contribution in [0.25, 0.3) is 0 Å². The molecule has 0 saturated carbocycles. The molecule has 0 aromatic heterocycles. The number of hydrogen-bond donors (Lipinski definition) is 0. The van der Waals surface area contributed by atoms with Gasteiger partial charge in [0.2, 0.25) is 5.91 Å². The molecule has 5 heteroatoms. The lowest BCUT2D eigenvalue weighted by Gasteiger charge is -2.27. The highest BCUT2D eigenvalue weighted by Crippen LogP contribution is 2.27. The number of carbonyl (C=O) groups is 2. The number of benzene rings is 1. The summed E-state index contributed by atoms with van der Waals surface area (Å²) in [7, 11) is 0. The molecule has 2 aliphatic rings. The molecule has 1 aromatic rings. The summed E-state index contributed by atoms with van der Waals surface area (Å²) in [5, 5.41) is 0. The number of fused-ring (bicyclic) bond motifs is 1. The Kier molecular flexibility index (Phi) is 3.11. The van der Waals surface area contributed by atoms with Gasteiger partial charge in [0.05, 0.1) is 6.61 Å². The molecule has 0 aliphatic carbocycles. The number of cyclic esters (lactones) is 1. The van der Waals surface area contributed by atoms with Crippen LogP contribution in [0.1, 0.15) is 12.0 Å². The van der Waals surface area contributed by atoms with E-state index in [1.165, 1.54) is 10.5 Å². The molecule has 19 heavy (non-hydrogen) atoms. The first-order valence-corrected chi connectivity index (χ1v) is 6.56. The highest BCUT2D eigenvalue weighted by molar-refractivity contribution is 5.98. The van der Waals surface area contributed by atoms with Crippen LogP contribution < -0.4 is 4.90 Å². The fraction of sp³-hybridized carbons (Fsp3) is 0.429. The molecule has 2 aliphatic heterocycles. The Balaban J connectivity index is 1.70. The van der Waals surface area contributed by atoms with Crippen LogP contribution >= 0.6 is 0 Å². The Labute approximate surface area is 111 Å². The molecular formula is C14H16N2O3. The van der Waals surface area contributed by atoms with Gasteiger partial charge in [0.15, 0.2) is 0 Å². The Hall–Kier alpha value is -2.04. The molecule has 2 heterocycles. The minimum atomic E-state index is -0.382. The summed E-state index contributed by atoms with van der Waals surface area (Å²) in [6, 6.07) is 7.90. The van der Waals surface area contributed by atoms with Gasteiger partial charge in [-0.25, -0.2) is 4.79 Å². The second kappa shape index (κ2) is 4.91. The van der Waals surface area contributed by atoms with Crippen LogP contribution in [0.15, 0.2) is 24.3 Å². The average molecular weight is 260 g/mol. The van der Waals surface area contributed by atoms with Crippen LogP contribution in [-0.2, 0) is 16.0 Å². The van der Waals surface area contributed by atoms with Crippen LogP contribution in [0.2, 0.25) is 0 Å². The zero-order chi connectivity index (χ0) is 13.2. The summed E-state index contributed by atoms with van der Waals surface area (Å²) < 4.78 is 4.94. The van der Waals surface area contributed by atoms with Crippen molar-refractivity contribution in [2.75, 3.05) is 31.1 Å². The van der Waals surface area contributed by atoms with Gasteiger partial charge in [0.25, 0.3) is 0 Å². The summed E-state index contributed by atoms with van der Waals surface area (Å²) in [4.78, 5) is 27.1. The zero-order valence-corrected chi connectivity index (χ0v) is 10.7. The number of nitrogens with zero attached hydrogens (tertiary/aromatic N) is 2. The summed E-state index contributed by atoms with van der Waals surface area (Å²) >= 11 is 0. The lowest BCUT2D eigenvalue weighted by atomic mass is 10.2. The van der Waals surface area contributed by atoms with Gasteiger partial charge >= 0.3 is 6.09 Å². The lowest BCUT2D eigenvalue weighted by Crippen LogP contribution is -2.45. The fourth-order valence-corrected chi connectivity index (χ4v) is 2.59. The summed E-state index contributed by atoms with van der Waals surface area (Å²) in [6.07, 6.45) is 1.29. The van der Waals surface area contributed by atoms with E-state index in [1.807, 2.05) is 24.3 Å². The van der Waals surface area contributed by atoms with E-state index >= 15 is 0 Å². The third-order valence-electron chi connectivity index (χ3n) is 3.57. The van der Waals surface area contributed by atoms with Crippen LogP contribution in [0.5, 0.6) is 0 Å². The minimum Gasteiger partial charge on any atom is -0.449 e. The quantitative estimate of drug-likeness (QED) is 0.808. The highest BCUT2D eigenvalue weighted by Gasteiger charge is 2.28. The van der Waals surface area contributed by atoms with Crippen molar-refractivity contribution in [3.8, 4) is 0 Å². The molecule has 5 nitrogen and oxygen atoms in total. The Bertz CT molecular complexity index is 515. The molecule has 1 fully saturated rings. The predicted octanol–water partition coefficient (Wildman–Crippen LogP) is 1.42. The van der Waals surface area contributed by atoms with Crippen molar-refractivity contribution in [3.63, 3.8) is 0 Å². The van der Waals surface area contributed by atoms with Crippen molar-refractivity contribution >= 4 is 17.7 Å². The van der Waals surface area contributed by atoms with Gasteiger partial charge in [0.1, 0.15) is 6.54 Å². The number of ether oxygens (including phenoxy) is 1. The maximum atomic E-state index is 12.3. The molecule has 0 unspecified atom stereocenters. The first-order valence-electron chi connectivity index (χ1n) is 6.56. The summed E-state index contributed by atoms with van der Waals surface area (Å²) in [6.45, 7) is 1.85. The first kappa shape index (κ1) is 12.0. The van der Waals surface area contributed by atoms with E-state index in [0.717, 1.165) is 18.5 Å². The van der Waals surface area contributed by atoms with Gasteiger partial charge in [-0.2, -0.15) is 0 Å². The van der Waals surface area contributed by atoms with Gasteiger partial charge in [-0.3, -0.25) is 9.69 Å². The standard InChI is InChI=1S/C14H16N2O3/c17-13(10-15-7-3-9-19-14(15)18)16-8-6-11-4-1-2-5-12(11)16/h1-2,4-5H,3,6-10H2. The van der Waals surface area contributed by atoms with E-state index in [9.17, 15) is 9.59 Å². The third-order valence-corrected chi connectivity index (χ3v) is 3.57. The van der Waals surface area contributed by atoms with E-state index in [4.69, 9.17) is 4.74 Å². The molecule has 0 atom stereocenters. The number of carbonyl (C=O) groups excluding carboxylic acids is 2. The molecule has 1 saturated heterocycles. The number of para-hydroxylation sites is 1. The molecule has 0 spiro atoms. The van der Waals surface area contributed by atoms with Crippen molar-refractivity contribution in [3.05, 3.63) is 29.8 Å². The van der Waals surface area contributed by atoms with Gasteiger partial charge in [-0.15, -0.1) is 0 Å². The lowest BCUT2D eigenvalue weighted by molar-refractivity contribution is -0.119. The maximum Gasteiger partial charge on any atom is 0.410 e. The maximum absolute atomic E-state index is 12.3. The molecule has 3 rings (SSSR count). The number of anilines is 1. The van der Waals surface area contributed by atoms with Crippen molar-refractivity contribution < 1.29 is 14.3 Å². The molecular weight excluding hydrogens is 244 g/mol. The van der Waals surface area contributed by atoms with Crippen molar-refractivity contribution in [2.45, 2.75) is 12.8 Å². The molecule has 100 valence electrons. The van der Waals surface area contributed by atoms with Crippen LogP contribution in [0.4, 0.5) is 10.5 Å².